The van der Waals surface area contributed by atoms with E-state index in [-0.39, 0.29) is 0 Å². The van der Waals surface area contributed by atoms with Crippen molar-refractivity contribution >= 4 is 0 Å². The zero-order valence-corrected chi connectivity index (χ0v) is 24.3. The van der Waals surface area contributed by atoms with E-state index in [1.165, 1.54) is 91.4 Å². The number of unbranched alkanes of at least 4 members (excludes halogenated alkanes) is 2. The molecule has 0 aliphatic carbocycles. The van der Waals surface area contributed by atoms with Crippen molar-refractivity contribution in [1.82, 2.24) is 9.80 Å². The van der Waals surface area contributed by atoms with Gasteiger partial charge in [-0.15, -0.1) is 0 Å². The highest BCUT2D eigenvalue weighted by atomic mass is 15.2. The van der Waals surface area contributed by atoms with Gasteiger partial charge in [-0.05, 0) is 78.6 Å². The summed E-state index contributed by atoms with van der Waals surface area (Å²) in [6.07, 6.45) is 8.85. The fraction of sp³-hybridized carbons (Fsp3) is 0.368. The van der Waals surface area contributed by atoms with Crippen LogP contribution in [0.1, 0.15) is 67.7 Å². The number of rotatable bonds is 12. The molecular formula is C38H46N2. The van der Waals surface area contributed by atoms with Gasteiger partial charge in [-0.1, -0.05) is 129 Å². The summed E-state index contributed by atoms with van der Waals surface area (Å²) in [5, 5.41) is 0. The van der Waals surface area contributed by atoms with Crippen LogP contribution in [0.25, 0.3) is 11.1 Å². The molecule has 0 saturated carbocycles. The van der Waals surface area contributed by atoms with Gasteiger partial charge in [0.05, 0.1) is 0 Å². The molecule has 0 spiro atoms. The van der Waals surface area contributed by atoms with E-state index < -0.39 is 0 Å². The van der Waals surface area contributed by atoms with Gasteiger partial charge in [0.2, 0.25) is 0 Å². The van der Waals surface area contributed by atoms with E-state index in [1.807, 2.05) is 0 Å². The Morgan fingerprint density at radius 3 is 1.88 bits per heavy atom. The molecule has 4 aromatic carbocycles. The van der Waals surface area contributed by atoms with Crippen molar-refractivity contribution in [1.29, 1.82) is 0 Å². The van der Waals surface area contributed by atoms with E-state index in [1.54, 1.807) is 0 Å². The maximum absolute atomic E-state index is 2.76. The van der Waals surface area contributed by atoms with E-state index in [0.717, 1.165) is 19.6 Å². The van der Waals surface area contributed by atoms with Crippen LogP contribution in [0.15, 0.2) is 109 Å². The average molecular weight is 531 g/mol. The quantitative estimate of drug-likeness (QED) is 0.169. The van der Waals surface area contributed by atoms with Gasteiger partial charge in [-0.25, -0.2) is 0 Å². The first-order chi connectivity index (χ1) is 19.8. The molecule has 1 atom stereocenters. The van der Waals surface area contributed by atoms with Crippen molar-refractivity contribution in [2.75, 3.05) is 13.1 Å². The summed E-state index contributed by atoms with van der Waals surface area (Å²) < 4.78 is 0. The van der Waals surface area contributed by atoms with Crippen LogP contribution in [-0.4, -0.2) is 28.9 Å². The third kappa shape index (κ3) is 8.40. The second-order valence-corrected chi connectivity index (χ2v) is 11.6. The molecule has 208 valence electrons. The number of nitrogens with zero attached hydrogens (tertiary/aromatic N) is 2. The molecule has 1 aliphatic rings. The van der Waals surface area contributed by atoms with Crippen LogP contribution in [-0.2, 0) is 26.1 Å². The molecule has 40 heavy (non-hydrogen) atoms. The van der Waals surface area contributed by atoms with E-state index in [2.05, 4.69) is 126 Å². The fourth-order valence-corrected chi connectivity index (χ4v) is 6.11. The van der Waals surface area contributed by atoms with Crippen LogP contribution in [0.2, 0.25) is 0 Å². The molecule has 1 aliphatic heterocycles. The Labute approximate surface area is 242 Å². The first kappa shape index (κ1) is 28.3. The average Bonchev–Trinajstić information content (AvgIpc) is 3.25. The topological polar surface area (TPSA) is 6.48 Å². The second kappa shape index (κ2) is 15.0. The predicted molar refractivity (Wildman–Crippen MR) is 170 cm³/mol. The fourth-order valence-electron chi connectivity index (χ4n) is 6.11. The Kier molecular flexibility index (Phi) is 10.6. The molecule has 2 heteroatoms. The summed E-state index contributed by atoms with van der Waals surface area (Å²) in [5.74, 6) is 0. The van der Waals surface area contributed by atoms with Crippen molar-refractivity contribution in [2.24, 2.45) is 0 Å². The van der Waals surface area contributed by atoms with Crippen molar-refractivity contribution in [3.8, 4) is 11.1 Å². The lowest BCUT2D eigenvalue weighted by molar-refractivity contribution is 0.159. The van der Waals surface area contributed by atoms with E-state index >= 15 is 0 Å². The lowest BCUT2D eigenvalue weighted by Gasteiger charge is -2.32. The van der Waals surface area contributed by atoms with E-state index in [0.29, 0.717) is 6.04 Å². The van der Waals surface area contributed by atoms with Crippen LogP contribution in [0.3, 0.4) is 0 Å². The van der Waals surface area contributed by atoms with E-state index in [4.69, 9.17) is 0 Å². The van der Waals surface area contributed by atoms with Gasteiger partial charge >= 0.3 is 0 Å². The molecule has 4 aromatic rings. The number of likely N-dealkylation sites (tertiary alicyclic amines) is 1. The summed E-state index contributed by atoms with van der Waals surface area (Å²) in [5.41, 5.74) is 8.32. The lowest BCUT2D eigenvalue weighted by atomic mass is 10.0. The van der Waals surface area contributed by atoms with Gasteiger partial charge in [0.15, 0.2) is 0 Å². The van der Waals surface area contributed by atoms with Gasteiger partial charge in [-0.3, -0.25) is 9.80 Å². The summed E-state index contributed by atoms with van der Waals surface area (Å²) >= 11 is 0. The van der Waals surface area contributed by atoms with Crippen LogP contribution < -0.4 is 0 Å². The van der Waals surface area contributed by atoms with Crippen molar-refractivity contribution < 1.29 is 0 Å². The molecular weight excluding hydrogens is 484 g/mol. The van der Waals surface area contributed by atoms with Gasteiger partial charge in [0.25, 0.3) is 0 Å². The molecule has 1 unspecified atom stereocenters. The van der Waals surface area contributed by atoms with Crippen LogP contribution >= 0.6 is 0 Å². The number of hydrogen-bond acceptors (Lipinski definition) is 2. The lowest BCUT2D eigenvalue weighted by Crippen LogP contribution is -2.35. The zero-order chi connectivity index (χ0) is 27.4. The number of benzene rings is 4. The Bertz CT molecular complexity index is 1250. The van der Waals surface area contributed by atoms with Crippen molar-refractivity contribution in [2.45, 2.75) is 77.5 Å². The highest BCUT2D eigenvalue weighted by Gasteiger charge is 2.23. The standard InChI is InChI=1S/C38H46N2/c1-2-3-6-12-32-18-20-34(21-19-32)30-40(31-35-22-24-37(25-23-35)36-15-9-5-10-16-36)38-17-11-27-39(28-26-38)29-33-13-7-4-8-14-33/h4-5,7-10,13-16,18-25,38H,2-3,6,11-12,17,26-31H2,1H3. The molecule has 1 heterocycles. The van der Waals surface area contributed by atoms with Gasteiger partial charge in [-0.2, -0.15) is 0 Å². The Hall–Kier alpha value is -3.20. The van der Waals surface area contributed by atoms with E-state index in [9.17, 15) is 0 Å². The highest BCUT2D eigenvalue weighted by Crippen LogP contribution is 2.25. The maximum atomic E-state index is 2.76. The minimum Gasteiger partial charge on any atom is -0.299 e. The van der Waals surface area contributed by atoms with Crippen LogP contribution in [0.5, 0.6) is 0 Å². The van der Waals surface area contributed by atoms with Crippen molar-refractivity contribution in [3.63, 3.8) is 0 Å². The summed E-state index contributed by atoms with van der Waals surface area (Å²) in [4.78, 5) is 5.42. The number of aryl methyl sites for hydroxylation is 1. The third-order valence-corrected chi connectivity index (χ3v) is 8.48. The molecule has 2 nitrogen and oxygen atoms in total. The van der Waals surface area contributed by atoms with Gasteiger partial charge in [0, 0.05) is 25.7 Å². The second-order valence-electron chi connectivity index (χ2n) is 11.6. The normalized spacial score (nSPS) is 16.2. The minimum atomic E-state index is 0.596. The molecule has 0 bridgehead atoms. The largest absolute Gasteiger partial charge is 0.299 e. The molecule has 1 saturated heterocycles. The summed E-state index contributed by atoms with van der Waals surface area (Å²) in [6, 6.07) is 41.0. The van der Waals surface area contributed by atoms with Crippen LogP contribution in [0, 0.1) is 0 Å². The predicted octanol–water partition coefficient (Wildman–Crippen LogP) is 9.14. The molecule has 0 amide bonds. The first-order valence-electron chi connectivity index (χ1n) is 15.5. The van der Waals surface area contributed by atoms with Gasteiger partial charge < -0.3 is 0 Å². The molecule has 0 N–H and O–H groups in total. The van der Waals surface area contributed by atoms with Gasteiger partial charge in [0.1, 0.15) is 0 Å². The first-order valence-corrected chi connectivity index (χ1v) is 15.5. The monoisotopic (exact) mass is 530 g/mol. The highest BCUT2D eigenvalue weighted by molar-refractivity contribution is 5.63. The van der Waals surface area contributed by atoms with Crippen LogP contribution in [0.4, 0.5) is 0 Å². The molecule has 1 fully saturated rings. The molecule has 5 rings (SSSR count). The Balaban J connectivity index is 1.28. The molecule has 0 radical (unpaired) electrons. The van der Waals surface area contributed by atoms with Crippen molar-refractivity contribution in [3.05, 3.63) is 131 Å². The summed E-state index contributed by atoms with van der Waals surface area (Å²) in [7, 11) is 0. The third-order valence-electron chi connectivity index (χ3n) is 8.48. The Morgan fingerprint density at radius 2 is 1.20 bits per heavy atom. The Morgan fingerprint density at radius 1 is 0.600 bits per heavy atom. The summed E-state index contributed by atoms with van der Waals surface area (Å²) in [6.45, 7) is 7.71. The number of hydrogen-bond donors (Lipinski definition) is 0. The SMILES string of the molecule is CCCCCc1ccc(CN(Cc2ccc(-c3ccccc3)cc2)C2CCCN(Cc3ccccc3)CC2)cc1. The smallest absolute Gasteiger partial charge is 0.0240 e. The minimum absolute atomic E-state index is 0.596. The maximum Gasteiger partial charge on any atom is 0.0240 e. The molecule has 0 aromatic heterocycles. The zero-order valence-electron chi connectivity index (χ0n) is 24.3.